The van der Waals surface area contributed by atoms with E-state index in [0.29, 0.717) is 17.8 Å². The van der Waals surface area contributed by atoms with E-state index in [0.717, 1.165) is 5.69 Å². The van der Waals surface area contributed by atoms with Crippen molar-refractivity contribution in [3.63, 3.8) is 0 Å². The molecule has 0 aliphatic carbocycles. The molecule has 0 atom stereocenters. The Hall–Kier alpha value is -1.77. The van der Waals surface area contributed by atoms with E-state index in [1.807, 2.05) is 0 Å². The molecule has 0 fully saturated rings. The first-order chi connectivity index (χ1) is 7.71. The smallest absolute Gasteiger partial charge is 0.173 e. The van der Waals surface area contributed by atoms with Gasteiger partial charge in [0.25, 0.3) is 0 Å². The molecule has 0 radical (unpaired) electrons. The van der Waals surface area contributed by atoms with Gasteiger partial charge in [0.15, 0.2) is 6.29 Å². The minimum absolute atomic E-state index is 0.343. The molecule has 0 unspecified atom stereocenters. The first-order valence-electron chi connectivity index (χ1n) is 4.80. The van der Waals surface area contributed by atoms with Crippen molar-refractivity contribution >= 4 is 11.4 Å². The molecule has 3 N–H and O–H groups in total. The van der Waals surface area contributed by atoms with Crippen molar-refractivity contribution in [3.05, 3.63) is 23.8 Å². The molecule has 0 bridgehead atoms. The second-order valence-electron chi connectivity index (χ2n) is 3.20. The Labute approximate surface area is 94.8 Å². The Morgan fingerprint density at radius 1 is 1.44 bits per heavy atom. The average Bonchev–Trinajstić information content (AvgIpc) is 2.31. The molecule has 86 valence electrons. The van der Waals surface area contributed by atoms with E-state index in [9.17, 15) is 0 Å². The number of nitrogen functional groups attached to an aromatic ring is 1. The summed E-state index contributed by atoms with van der Waals surface area (Å²) in [4.78, 5) is 0. The molecule has 16 heavy (non-hydrogen) atoms. The molecule has 1 rings (SSSR count). The number of rotatable bonds is 5. The Balaban J connectivity index is 2.70. The third-order valence-corrected chi connectivity index (χ3v) is 2.15. The monoisotopic (exact) mass is 221 g/mol. The topological polar surface area (TPSA) is 80.3 Å². The highest BCUT2D eigenvalue weighted by atomic mass is 16.7. The van der Waals surface area contributed by atoms with Crippen molar-refractivity contribution < 1.29 is 9.47 Å². The predicted molar refractivity (Wildman–Crippen MR) is 61.9 cm³/mol. The first kappa shape index (κ1) is 12.3. The zero-order valence-electron chi connectivity index (χ0n) is 9.36. The number of hydrogen-bond acceptors (Lipinski definition) is 5. The van der Waals surface area contributed by atoms with Crippen LogP contribution in [0.2, 0.25) is 0 Å². The molecule has 0 aliphatic heterocycles. The molecule has 0 aromatic heterocycles. The van der Waals surface area contributed by atoms with Crippen LogP contribution in [0.1, 0.15) is 5.56 Å². The predicted octanol–water partition coefficient (Wildman–Crippen LogP) is 1.17. The van der Waals surface area contributed by atoms with Crippen LogP contribution in [0.3, 0.4) is 0 Å². The lowest BCUT2D eigenvalue weighted by Crippen LogP contribution is -2.23. The summed E-state index contributed by atoms with van der Waals surface area (Å²) in [5.41, 5.74) is 7.37. The highest BCUT2D eigenvalue weighted by Crippen LogP contribution is 2.17. The summed E-state index contributed by atoms with van der Waals surface area (Å²) in [6, 6.07) is 7.19. The van der Waals surface area contributed by atoms with Gasteiger partial charge in [-0.3, -0.25) is 0 Å². The van der Waals surface area contributed by atoms with Crippen LogP contribution in [0.5, 0.6) is 0 Å². The number of nitrogens with two attached hydrogens (primary N) is 1. The maximum atomic E-state index is 8.91. The number of ether oxygens (including phenoxy) is 2. The van der Waals surface area contributed by atoms with Gasteiger partial charge in [0.05, 0.1) is 17.8 Å². The van der Waals surface area contributed by atoms with E-state index in [4.69, 9.17) is 20.5 Å². The van der Waals surface area contributed by atoms with Gasteiger partial charge in [0.2, 0.25) is 0 Å². The quantitative estimate of drug-likeness (QED) is 0.576. The second-order valence-corrected chi connectivity index (χ2v) is 3.20. The Kier molecular flexibility index (Phi) is 4.58. The summed E-state index contributed by atoms with van der Waals surface area (Å²) < 4.78 is 10.1. The fourth-order valence-corrected chi connectivity index (χ4v) is 1.26. The van der Waals surface area contributed by atoms with Gasteiger partial charge in [-0.25, -0.2) is 0 Å². The average molecular weight is 221 g/mol. The third-order valence-electron chi connectivity index (χ3n) is 2.15. The Morgan fingerprint density at radius 2 is 2.12 bits per heavy atom. The SMILES string of the molecule is COC(CNc1ccc(N)cc1C#N)OC. The van der Waals surface area contributed by atoms with Gasteiger partial charge in [0, 0.05) is 19.9 Å². The van der Waals surface area contributed by atoms with Crippen LogP contribution in [0.4, 0.5) is 11.4 Å². The van der Waals surface area contributed by atoms with Gasteiger partial charge in [0.1, 0.15) is 6.07 Å². The summed E-state index contributed by atoms with van der Waals surface area (Å²) >= 11 is 0. The lowest BCUT2D eigenvalue weighted by Gasteiger charge is -2.15. The fraction of sp³-hybridized carbons (Fsp3) is 0.364. The van der Waals surface area contributed by atoms with Crippen LogP contribution in [0.15, 0.2) is 18.2 Å². The highest BCUT2D eigenvalue weighted by molar-refractivity contribution is 5.62. The zero-order chi connectivity index (χ0) is 12.0. The summed E-state index contributed by atoms with van der Waals surface area (Å²) in [6.07, 6.45) is -0.343. The molecular weight excluding hydrogens is 206 g/mol. The fourth-order valence-electron chi connectivity index (χ4n) is 1.26. The molecule has 0 aliphatic rings. The molecule has 1 aromatic rings. The lowest BCUT2D eigenvalue weighted by molar-refractivity contribution is -0.0914. The number of anilines is 2. The van der Waals surface area contributed by atoms with Gasteiger partial charge in [-0.1, -0.05) is 0 Å². The van der Waals surface area contributed by atoms with E-state index >= 15 is 0 Å². The Bertz CT molecular complexity index is 383. The second kappa shape index (κ2) is 5.95. The standard InChI is InChI=1S/C11H15N3O2/c1-15-11(16-2)7-14-10-4-3-9(13)5-8(10)6-12/h3-5,11,14H,7,13H2,1-2H3. The van der Waals surface area contributed by atoms with Crippen LogP contribution < -0.4 is 11.1 Å². The number of hydrogen-bond donors (Lipinski definition) is 2. The summed E-state index contributed by atoms with van der Waals surface area (Å²) in [7, 11) is 3.12. The zero-order valence-corrected chi connectivity index (χ0v) is 9.36. The third kappa shape index (κ3) is 3.12. The number of benzene rings is 1. The lowest BCUT2D eigenvalue weighted by atomic mass is 10.1. The van der Waals surface area contributed by atoms with E-state index in [1.165, 1.54) is 0 Å². The summed E-state index contributed by atoms with van der Waals surface area (Å²) in [6.45, 7) is 0.464. The van der Waals surface area contributed by atoms with E-state index in [1.54, 1.807) is 32.4 Å². The van der Waals surface area contributed by atoms with Crippen LogP contribution in [-0.2, 0) is 9.47 Å². The van der Waals surface area contributed by atoms with Crippen molar-refractivity contribution in [1.82, 2.24) is 0 Å². The normalized spacial score (nSPS) is 10.1. The molecule has 0 spiro atoms. The molecule has 1 aromatic carbocycles. The molecule has 0 saturated carbocycles. The largest absolute Gasteiger partial charge is 0.399 e. The van der Waals surface area contributed by atoms with Crippen LogP contribution in [0.25, 0.3) is 0 Å². The van der Waals surface area contributed by atoms with Gasteiger partial charge in [-0.2, -0.15) is 5.26 Å². The number of nitrogens with zero attached hydrogens (tertiary/aromatic N) is 1. The molecule has 0 amide bonds. The Morgan fingerprint density at radius 3 is 2.69 bits per heavy atom. The molecule has 0 heterocycles. The van der Waals surface area contributed by atoms with Crippen LogP contribution in [0, 0.1) is 11.3 Å². The minimum atomic E-state index is -0.343. The first-order valence-corrected chi connectivity index (χ1v) is 4.80. The summed E-state index contributed by atoms with van der Waals surface area (Å²) in [5.74, 6) is 0. The van der Waals surface area contributed by atoms with Crippen molar-refractivity contribution in [2.75, 3.05) is 31.8 Å². The number of nitriles is 1. The van der Waals surface area contributed by atoms with Crippen molar-refractivity contribution in [2.45, 2.75) is 6.29 Å². The summed E-state index contributed by atoms with van der Waals surface area (Å²) in [5, 5.41) is 12.0. The van der Waals surface area contributed by atoms with Gasteiger partial charge >= 0.3 is 0 Å². The molecule has 0 saturated heterocycles. The number of methoxy groups -OCH3 is 2. The van der Waals surface area contributed by atoms with Crippen molar-refractivity contribution in [1.29, 1.82) is 5.26 Å². The molecule has 5 nitrogen and oxygen atoms in total. The maximum absolute atomic E-state index is 8.91. The van der Waals surface area contributed by atoms with E-state index in [2.05, 4.69) is 11.4 Å². The van der Waals surface area contributed by atoms with E-state index in [-0.39, 0.29) is 6.29 Å². The van der Waals surface area contributed by atoms with Crippen LogP contribution >= 0.6 is 0 Å². The van der Waals surface area contributed by atoms with E-state index < -0.39 is 0 Å². The van der Waals surface area contributed by atoms with Gasteiger partial charge in [-0.05, 0) is 18.2 Å². The minimum Gasteiger partial charge on any atom is -0.399 e. The highest BCUT2D eigenvalue weighted by Gasteiger charge is 2.07. The van der Waals surface area contributed by atoms with Crippen molar-refractivity contribution in [3.8, 4) is 6.07 Å². The molecular formula is C11H15N3O2. The van der Waals surface area contributed by atoms with Gasteiger partial charge < -0.3 is 20.5 Å². The maximum Gasteiger partial charge on any atom is 0.173 e. The van der Waals surface area contributed by atoms with Crippen molar-refractivity contribution in [2.24, 2.45) is 0 Å². The molecule has 5 heteroatoms. The number of nitrogens with one attached hydrogen (secondary N) is 1. The van der Waals surface area contributed by atoms with Crippen LogP contribution in [-0.4, -0.2) is 27.1 Å². The van der Waals surface area contributed by atoms with Gasteiger partial charge in [-0.15, -0.1) is 0 Å².